The minimum absolute atomic E-state index is 0.0400. The smallest absolute Gasteiger partial charge is 0.306 e. The molecule has 0 aromatic carbocycles. The number of hydrogen-bond donors (Lipinski definition) is 7. The van der Waals surface area contributed by atoms with E-state index in [9.17, 15) is 40.5 Å². The Balaban J connectivity index is 1.83. The number of ether oxygens (including phenoxy) is 6. The zero-order valence-electron chi connectivity index (χ0n) is 36.4. The predicted molar refractivity (Wildman–Crippen MR) is 229 cm³/mol. The van der Waals surface area contributed by atoms with Gasteiger partial charge in [-0.1, -0.05) is 127 Å². The van der Waals surface area contributed by atoms with Gasteiger partial charge < -0.3 is 64.2 Å². The molecule has 2 fully saturated rings. The van der Waals surface area contributed by atoms with E-state index < -0.39 is 86.7 Å². The Labute approximate surface area is 359 Å². The number of esters is 1. The number of aliphatic hydroxyl groups is 7. The lowest BCUT2D eigenvalue weighted by atomic mass is 9.98. The number of unbranched alkanes of at least 4 members (excludes halogenated alkanes) is 12. The van der Waals surface area contributed by atoms with Crippen molar-refractivity contribution in [3.63, 3.8) is 0 Å². The maximum atomic E-state index is 12.9. The fourth-order valence-electron chi connectivity index (χ4n) is 6.86. The van der Waals surface area contributed by atoms with Gasteiger partial charge in [-0.15, -0.1) is 0 Å². The van der Waals surface area contributed by atoms with Crippen LogP contribution in [-0.2, 0) is 33.2 Å². The second-order valence-corrected chi connectivity index (χ2v) is 15.8. The van der Waals surface area contributed by atoms with Crippen molar-refractivity contribution in [2.24, 2.45) is 0 Å². The van der Waals surface area contributed by atoms with Gasteiger partial charge in [0.05, 0.1) is 26.4 Å². The SMILES string of the molecule is CC/C=C\C/C=C\C/C=C\C/C=C\CCCCCOCC(COC1OC(COC2OC(CO)C(O)C(O)C2O)C(O)C(O)C1O)OC(=O)CCCCCCCCCCCC. The minimum atomic E-state index is -1.71. The van der Waals surface area contributed by atoms with Crippen LogP contribution in [0.5, 0.6) is 0 Å². The number of carbonyl (C=O) groups excluding carboxylic acids is 1. The molecule has 0 spiro atoms. The summed E-state index contributed by atoms with van der Waals surface area (Å²) in [6.45, 7) is 3.45. The second-order valence-electron chi connectivity index (χ2n) is 15.8. The van der Waals surface area contributed by atoms with Crippen molar-refractivity contribution in [3.8, 4) is 0 Å². The van der Waals surface area contributed by atoms with Crippen molar-refractivity contribution in [3.05, 3.63) is 48.6 Å². The third-order valence-electron chi connectivity index (χ3n) is 10.6. The van der Waals surface area contributed by atoms with E-state index in [2.05, 4.69) is 62.5 Å². The van der Waals surface area contributed by atoms with Crippen LogP contribution in [0, 0.1) is 0 Å². The van der Waals surface area contributed by atoms with Crippen molar-refractivity contribution < 1.29 is 69.0 Å². The quantitative estimate of drug-likeness (QED) is 0.0251. The zero-order valence-corrected chi connectivity index (χ0v) is 36.4. The lowest BCUT2D eigenvalue weighted by molar-refractivity contribution is -0.332. The van der Waals surface area contributed by atoms with Crippen molar-refractivity contribution in [1.29, 1.82) is 0 Å². The third-order valence-corrected chi connectivity index (χ3v) is 10.6. The lowest BCUT2D eigenvalue weighted by Crippen LogP contribution is -2.61. The van der Waals surface area contributed by atoms with E-state index in [1.165, 1.54) is 38.5 Å². The standard InChI is InChI=1S/C46H80O14/c1-3-5-7-9-11-13-15-16-17-18-19-20-22-24-26-28-30-55-32-35(58-38(48)29-27-25-23-21-14-12-10-8-6-4-2)33-56-45-44(54)42(52)40(50)37(60-45)34-57-46-43(53)41(51)39(49)36(31-47)59-46/h5,7,11,13,16-17,19-20,35-37,39-47,49-54H,3-4,6,8-10,12,14-15,18,21-34H2,1-2H3/b7-5-,13-11-,17-16-,20-19-. The Bertz CT molecular complexity index is 1180. The molecule has 11 atom stereocenters. The van der Waals surface area contributed by atoms with E-state index in [1.54, 1.807) is 0 Å². The molecular formula is C46H80O14. The molecule has 0 amide bonds. The van der Waals surface area contributed by atoms with Gasteiger partial charge in [0.15, 0.2) is 12.6 Å². The molecule has 348 valence electrons. The molecular weight excluding hydrogens is 776 g/mol. The first-order chi connectivity index (χ1) is 29.1. The number of rotatable bonds is 34. The number of allylic oxidation sites excluding steroid dienone is 8. The summed E-state index contributed by atoms with van der Waals surface area (Å²) in [7, 11) is 0. The maximum absolute atomic E-state index is 12.9. The molecule has 0 aromatic heterocycles. The first-order valence-electron chi connectivity index (χ1n) is 22.7. The van der Waals surface area contributed by atoms with Crippen molar-refractivity contribution >= 4 is 5.97 Å². The second kappa shape index (κ2) is 34.4. The molecule has 11 unspecified atom stereocenters. The Morgan fingerprint density at radius 2 is 1.08 bits per heavy atom. The molecule has 0 aliphatic carbocycles. The summed E-state index contributed by atoms with van der Waals surface area (Å²) < 4.78 is 34.1. The van der Waals surface area contributed by atoms with Crippen LogP contribution in [0.1, 0.15) is 136 Å². The third kappa shape index (κ3) is 22.9. The highest BCUT2D eigenvalue weighted by Crippen LogP contribution is 2.26. The summed E-state index contributed by atoms with van der Waals surface area (Å²) in [5.74, 6) is -0.393. The summed E-state index contributed by atoms with van der Waals surface area (Å²) in [4.78, 5) is 12.9. The van der Waals surface area contributed by atoms with Gasteiger partial charge in [-0.05, 0) is 51.4 Å². The van der Waals surface area contributed by atoms with Crippen molar-refractivity contribution in [1.82, 2.24) is 0 Å². The molecule has 2 aliphatic rings. The molecule has 14 nitrogen and oxygen atoms in total. The Hall–Kier alpha value is -2.05. The van der Waals surface area contributed by atoms with E-state index in [-0.39, 0.29) is 19.6 Å². The monoisotopic (exact) mass is 857 g/mol. The van der Waals surface area contributed by atoms with Gasteiger partial charge in [0, 0.05) is 13.0 Å². The first kappa shape index (κ1) is 54.1. The average Bonchev–Trinajstić information content (AvgIpc) is 3.24. The largest absolute Gasteiger partial charge is 0.457 e. The highest BCUT2D eigenvalue weighted by Gasteiger charge is 2.47. The topological polar surface area (TPSA) is 214 Å². The van der Waals surface area contributed by atoms with Crippen LogP contribution in [0.2, 0.25) is 0 Å². The summed E-state index contributed by atoms with van der Waals surface area (Å²) in [5, 5.41) is 71.8. The molecule has 0 aromatic rings. The van der Waals surface area contributed by atoms with E-state index in [0.29, 0.717) is 13.0 Å². The minimum Gasteiger partial charge on any atom is -0.457 e. The van der Waals surface area contributed by atoms with Crippen LogP contribution in [0.15, 0.2) is 48.6 Å². The van der Waals surface area contributed by atoms with Crippen molar-refractivity contribution in [2.45, 2.75) is 203 Å². The molecule has 2 aliphatic heterocycles. The van der Waals surface area contributed by atoms with Crippen LogP contribution in [-0.4, -0.2) is 142 Å². The molecule has 14 heteroatoms. The summed E-state index contributed by atoms with van der Waals surface area (Å²) >= 11 is 0. The normalized spacial score (nSPS) is 28.1. The zero-order chi connectivity index (χ0) is 43.8. The van der Waals surface area contributed by atoms with Crippen LogP contribution >= 0.6 is 0 Å². The van der Waals surface area contributed by atoms with Crippen LogP contribution < -0.4 is 0 Å². The highest BCUT2D eigenvalue weighted by atomic mass is 16.7. The fourth-order valence-corrected chi connectivity index (χ4v) is 6.86. The summed E-state index contributed by atoms with van der Waals surface area (Å²) in [5.41, 5.74) is 0. The van der Waals surface area contributed by atoms with Gasteiger partial charge in [0.2, 0.25) is 0 Å². The Kier molecular flexibility index (Phi) is 31.0. The predicted octanol–water partition coefficient (Wildman–Crippen LogP) is 5.23. The van der Waals surface area contributed by atoms with Gasteiger partial charge in [0.25, 0.3) is 0 Å². The number of carbonyl (C=O) groups is 1. The van der Waals surface area contributed by atoms with Gasteiger partial charge >= 0.3 is 5.97 Å². The van der Waals surface area contributed by atoms with E-state index in [1.807, 2.05) is 0 Å². The molecule has 0 radical (unpaired) electrons. The molecule has 0 saturated carbocycles. The maximum Gasteiger partial charge on any atom is 0.306 e. The average molecular weight is 857 g/mol. The van der Waals surface area contributed by atoms with Gasteiger partial charge in [-0.25, -0.2) is 0 Å². The van der Waals surface area contributed by atoms with Gasteiger partial charge in [0.1, 0.15) is 54.9 Å². The highest BCUT2D eigenvalue weighted by molar-refractivity contribution is 5.69. The summed E-state index contributed by atoms with van der Waals surface area (Å²) in [6.07, 6.45) is 20.5. The summed E-state index contributed by atoms with van der Waals surface area (Å²) in [6, 6.07) is 0. The first-order valence-corrected chi connectivity index (χ1v) is 22.7. The van der Waals surface area contributed by atoms with Crippen molar-refractivity contribution in [2.75, 3.05) is 33.0 Å². The van der Waals surface area contributed by atoms with Gasteiger partial charge in [-0.3, -0.25) is 4.79 Å². The molecule has 2 rings (SSSR count). The lowest BCUT2D eigenvalue weighted by Gasteiger charge is -2.42. The molecule has 2 heterocycles. The molecule has 7 N–H and O–H groups in total. The Morgan fingerprint density at radius 3 is 1.68 bits per heavy atom. The number of aliphatic hydroxyl groups excluding tert-OH is 7. The van der Waals surface area contributed by atoms with E-state index in [0.717, 1.165) is 70.6 Å². The molecule has 2 saturated heterocycles. The molecule has 0 bridgehead atoms. The fraction of sp³-hybridized carbons (Fsp3) is 0.804. The molecule has 60 heavy (non-hydrogen) atoms. The van der Waals surface area contributed by atoms with E-state index in [4.69, 9.17) is 28.4 Å². The van der Waals surface area contributed by atoms with Crippen LogP contribution in [0.3, 0.4) is 0 Å². The van der Waals surface area contributed by atoms with Crippen LogP contribution in [0.4, 0.5) is 0 Å². The number of hydrogen-bond acceptors (Lipinski definition) is 14. The Morgan fingerprint density at radius 1 is 0.567 bits per heavy atom. The van der Waals surface area contributed by atoms with Gasteiger partial charge in [-0.2, -0.15) is 0 Å². The van der Waals surface area contributed by atoms with Crippen LogP contribution in [0.25, 0.3) is 0 Å². The van der Waals surface area contributed by atoms with E-state index >= 15 is 0 Å².